The van der Waals surface area contributed by atoms with Crippen LogP contribution in [0.4, 0.5) is 13.2 Å². The predicted molar refractivity (Wildman–Crippen MR) is 49.1 cm³/mol. The normalized spacial score (nSPS) is 14.5. The molecule has 0 N–H and O–H groups in total. The highest BCUT2D eigenvalue weighted by atomic mass is 32.2. The summed E-state index contributed by atoms with van der Waals surface area (Å²) in [6.07, 6.45) is -3.83. The van der Waals surface area contributed by atoms with Gasteiger partial charge < -0.3 is 4.74 Å². The minimum Gasteiger partial charge on any atom is -0.369 e. The van der Waals surface area contributed by atoms with Gasteiger partial charge in [-0.05, 0) is 24.9 Å². The van der Waals surface area contributed by atoms with E-state index in [9.17, 15) is 13.2 Å². The maximum absolute atomic E-state index is 11.7. The second kappa shape index (κ2) is 6.54. The molecule has 0 spiro atoms. The van der Waals surface area contributed by atoms with Crippen LogP contribution < -0.4 is 0 Å². The molecule has 13 heavy (non-hydrogen) atoms. The van der Waals surface area contributed by atoms with Gasteiger partial charge in [-0.25, -0.2) is 0 Å². The summed E-state index contributed by atoms with van der Waals surface area (Å²) in [4.78, 5) is 0. The number of alkyl halides is 3. The van der Waals surface area contributed by atoms with Gasteiger partial charge in [0.05, 0.1) is 6.10 Å². The lowest BCUT2D eigenvalue weighted by molar-refractivity contribution is -0.183. The van der Waals surface area contributed by atoms with Gasteiger partial charge in [0.25, 0.3) is 0 Å². The Morgan fingerprint density at radius 2 is 2.00 bits per heavy atom. The zero-order valence-electron chi connectivity index (χ0n) is 7.86. The molecular formula is C8H15F3OS. The number of rotatable bonds is 6. The number of thioether (sulfide) groups is 1. The largest absolute Gasteiger partial charge is 0.411 e. The van der Waals surface area contributed by atoms with E-state index < -0.39 is 12.8 Å². The van der Waals surface area contributed by atoms with Gasteiger partial charge in [-0.15, -0.1) is 0 Å². The molecule has 0 aromatic rings. The Hall–Kier alpha value is 0.100. The molecule has 0 aliphatic carbocycles. The maximum Gasteiger partial charge on any atom is 0.411 e. The van der Waals surface area contributed by atoms with Crippen LogP contribution in [0, 0.1) is 0 Å². The molecule has 0 aromatic carbocycles. The van der Waals surface area contributed by atoms with Gasteiger partial charge in [0.1, 0.15) is 6.61 Å². The van der Waals surface area contributed by atoms with Crippen LogP contribution in [-0.4, -0.2) is 30.4 Å². The van der Waals surface area contributed by atoms with Crippen molar-refractivity contribution in [3.05, 3.63) is 0 Å². The second-order valence-corrected chi connectivity index (χ2v) is 4.12. The van der Waals surface area contributed by atoms with Crippen LogP contribution >= 0.6 is 11.8 Å². The molecule has 0 amide bonds. The van der Waals surface area contributed by atoms with Crippen LogP contribution in [0.2, 0.25) is 0 Å². The van der Waals surface area contributed by atoms with Crippen LogP contribution in [0.1, 0.15) is 20.3 Å². The van der Waals surface area contributed by atoms with Crippen molar-refractivity contribution in [2.45, 2.75) is 32.5 Å². The minimum absolute atomic E-state index is 0.305. The minimum atomic E-state index is -4.20. The third-order valence-corrected chi connectivity index (χ3v) is 2.34. The third kappa shape index (κ3) is 10.0. The average Bonchev–Trinajstić information content (AvgIpc) is 2.00. The zero-order valence-corrected chi connectivity index (χ0v) is 8.67. The molecule has 0 aliphatic rings. The van der Waals surface area contributed by atoms with Crippen molar-refractivity contribution in [2.24, 2.45) is 0 Å². The molecule has 0 bridgehead atoms. The lowest BCUT2D eigenvalue weighted by Crippen LogP contribution is -2.21. The summed E-state index contributed by atoms with van der Waals surface area (Å²) < 4.78 is 39.6. The first-order chi connectivity index (χ1) is 5.95. The van der Waals surface area contributed by atoms with Crippen molar-refractivity contribution in [1.82, 2.24) is 0 Å². The molecule has 0 fully saturated rings. The van der Waals surface area contributed by atoms with Crippen molar-refractivity contribution < 1.29 is 17.9 Å². The molecular weight excluding hydrogens is 201 g/mol. The van der Waals surface area contributed by atoms with Gasteiger partial charge in [0, 0.05) is 0 Å². The third-order valence-electron chi connectivity index (χ3n) is 1.40. The predicted octanol–water partition coefficient (Wildman–Crippen LogP) is 3.10. The van der Waals surface area contributed by atoms with E-state index in [0.717, 1.165) is 11.5 Å². The SMILES string of the molecule is CCSCCC(C)OCC(F)(F)F. The van der Waals surface area contributed by atoms with Gasteiger partial charge in [0.15, 0.2) is 0 Å². The van der Waals surface area contributed by atoms with Crippen molar-refractivity contribution in [3.8, 4) is 0 Å². The van der Waals surface area contributed by atoms with Gasteiger partial charge in [0.2, 0.25) is 0 Å². The fourth-order valence-corrected chi connectivity index (χ4v) is 1.50. The molecule has 0 aliphatic heterocycles. The van der Waals surface area contributed by atoms with E-state index >= 15 is 0 Å². The zero-order chi connectivity index (χ0) is 10.3. The molecule has 1 nitrogen and oxygen atoms in total. The molecule has 0 rings (SSSR count). The van der Waals surface area contributed by atoms with Gasteiger partial charge in [-0.2, -0.15) is 24.9 Å². The van der Waals surface area contributed by atoms with Crippen LogP contribution in [-0.2, 0) is 4.74 Å². The van der Waals surface area contributed by atoms with Crippen LogP contribution in [0.5, 0.6) is 0 Å². The molecule has 1 atom stereocenters. The van der Waals surface area contributed by atoms with Gasteiger partial charge in [-0.1, -0.05) is 6.92 Å². The first-order valence-corrected chi connectivity index (χ1v) is 5.37. The summed E-state index contributed by atoms with van der Waals surface area (Å²) >= 11 is 1.71. The van der Waals surface area contributed by atoms with E-state index in [-0.39, 0.29) is 6.10 Å². The first kappa shape index (κ1) is 13.1. The smallest absolute Gasteiger partial charge is 0.369 e. The van der Waals surface area contributed by atoms with Crippen molar-refractivity contribution >= 4 is 11.8 Å². The maximum atomic E-state index is 11.7. The highest BCUT2D eigenvalue weighted by Crippen LogP contribution is 2.16. The van der Waals surface area contributed by atoms with E-state index in [1.54, 1.807) is 18.7 Å². The quantitative estimate of drug-likeness (QED) is 0.631. The Balaban J connectivity index is 3.35. The Morgan fingerprint density at radius 3 is 2.46 bits per heavy atom. The molecule has 80 valence electrons. The molecule has 0 saturated carbocycles. The van der Waals surface area contributed by atoms with Gasteiger partial charge >= 0.3 is 6.18 Å². The molecule has 0 radical (unpaired) electrons. The summed E-state index contributed by atoms with van der Waals surface area (Å²) in [7, 11) is 0. The average molecular weight is 216 g/mol. The second-order valence-electron chi connectivity index (χ2n) is 2.72. The summed E-state index contributed by atoms with van der Waals surface area (Å²) in [5.41, 5.74) is 0. The topological polar surface area (TPSA) is 9.23 Å². The fraction of sp³-hybridized carbons (Fsp3) is 1.00. The lowest BCUT2D eigenvalue weighted by atomic mass is 10.3. The molecule has 0 heterocycles. The summed E-state index contributed by atoms with van der Waals surface area (Å²) in [5.74, 6) is 1.85. The number of hydrogen-bond donors (Lipinski definition) is 0. The molecule has 0 aromatic heterocycles. The fourth-order valence-electron chi connectivity index (χ4n) is 0.714. The first-order valence-electron chi connectivity index (χ1n) is 4.21. The Bertz CT molecular complexity index is 127. The summed E-state index contributed by atoms with van der Waals surface area (Å²) in [5, 5.41) is 0. The number of ether oxygens (including phenoxy) is 1. The van der Waals surface area contributed by atoms with E-state index in [4.69, 9.17) is 0 Å². The van der Waals surface area contributed by atoms with E-state index in [1.807, 2.05) is 6.92 Å². The summed E-state index contributed by atoms with van der Waals surface area (Å²) in [6.45, 7) is 2.55. The molecule has 0 saturated heterocycles. The van der Waals surface area contributed by atoms with E-state index in [0.29, 0.717) is 6.42 Å². The van der Waals surface area contributed by atoms with Crippen LogP contribution in [0.15, 0.2) is 0 Å². The van der Waals surface area contributed by atoms with Crippen molar-refractivity contribution in [3.63, 3.8) is 0 Å². The number of hydrogen-bond acceptors (Lipinski definition) is 2. The van der Waals surface area contributed by atoms with Crippen molar-refractivity contribution in [1.29, 1.82) is 0 Å². The summed E-state index contributed by atoms with van der Waals surface area (Å²) in [6, 6.07) is 0. The lowest BCUT2D eigenvalue weighted by Gasteiger charge is -2.13. The van der Waals surface area contributed by atoms with Crippen molar-refractivity contribution in [2.75, 3.05) is 18.1 Å². The molecule has 5 heteroatoms. The van der Waals surface area contributed by atoms with E-state index in [2.05, 4.69) is 4.74 Å². The number of halogens is 3. The highest BCUT2D eigenvalue weighted by molar-refractivity contribution is 7.99. The monoisotopic (exact) mass is 216 g/mol. The van der Waals surface area contributed by atoms with Crippen LogP contribution in [0.3, 0.4) is 0 Å². The van der Waals surface area contributed by atoms with Gasteiger partial charge in [-0.3, -0.25) is 0 Å². The molecule has 1 unspecified atom stereocenters. The Morgan fingerprint density at radius 1 is 1.38 bits per heavy atom. The Labute approximate surface area is 81.0 Å². The van der Waals surface area contributed by atoms with Crippen LogP contribution in [0.25, 0.3) is 0 Å². The Kier molecular flexibility index (Phi) is 6.59. The highest BCUT2D eigenvalue weighted by Gasteiger charge is 2.28. The van der Waals surface area contributed by atoms with E-state index in [1.165, 1.54) is 0 Å². The standard InChI is InChI=1S/C8H15F3OS/c1-3-13-5-4-7(2)12-6-8(9,10)11/h7H,3-6H2,1-2H3.